The number of rotatable bonds is 1. The Morgan fingerprint density at radius 2 is 2.00 bits per heavy atom. The molecule has 0 radical (unpaired) electrons. The molecule has 0 aliphatic rings. The average Bonchev–Trinajstić information content (AvgIpc) is 1.37. The van der Waals surface area contributed by atoms with Gasteiger partial charge in [0, 0.05) is 0 Å². The number of hydrogen-bond acceptors (Lipinski definition) is 3. The molecule has 4 heteroatoms. The van der Waals surface area contributed by atoms with Crippen molar-refractivity contribution in [3.63, 3.8) is 0 Å². The summed E-state index contributed by atoms with van der Waals surface area (Å²) >= 11 is 0. The molecule has 0 bridgehead atoms. The van der Waals surface area contributed by atoms with E-state index in [2.05, 4.69) is 4.89 Å². The first-order valence-electron chi connectivity index (χ1n) is 0.575. The van der Waals surface area contributed by atoms with Gasteiger partial charge in [-0.15, -0.1) is 0 Å². The van der Waals surface area contributed by atoms with E-state index < -0.39 is 0 Å². The Bertz CT molecular complexity index is 20.9. The Balaban J connectivity index is 0. The minimum atomic E-state index is 0. The van der Waals surface area contributed by atoms with Crippen LogP contribution in [-0.4, -0.2) is 6.47 Å². The van der Waals surface area contributed by atoms with E-state index in [-0.39, 0.29) is 27.7 Å². The van der Waals surface area contributed by atoms with Gasteiger partial charge < -0.3 is 14.9 Å². The van der Waals surface area contributed by atoms with E-state index in [1.807, 2.05) is 0 Å². The van der Waals surface area contributed by atoms with Crippen molar-refractivity contribution >= 4 is 6.47 Å². The molecule has 0 aromatic rings. The molecular formula is CHgO3. The van der Waals surface area contributed by atoms with Gasteiger partial charge in [0.25, 0.3) is 0 Å². The Hall–Kier alpha value is 0.365. The first-order valence-corrected chi connectivity index (χ1v) is 0.575. The monoisotopic (exact) mass is 262 g/mol. The van der Waals surface area contributed by atoms with Crippen LogP contribution in [0.5, 0.6) is 0 Å². The van der Waals surface area contributed by atoms with Crippen LogP contribution in [0.2, 0.25) is 0 Å². The van der Waals surface area contributed by atoms with Crippen molar-refractivity contribution in [2.45, 2.75) is 0 Å². The predicted octanol–water partition coefficient (Wildman–Crippen LogP) is -1.66. The smallest absolute Gasteiger partial charge is 0.715 e. The minimum Gasteiger partial charge on any atom is -0.715 e. The van der Waals surface area contributed by atoms with Crippen LogP contribution in [0.1, 0.15) is 0 Å². The van der Waals surface area contributed by atoms with Crippen LogP contribution in [0.25, 0.3) is 0 Å². The molecule has 0 heterocycles. The molecule has 0 N–H and O–H groups in total. The zero-order valence-electron chi connectivity index (χ0n) is 2.43. The fourth-order valence-corrected chi connectivity index (χ4v) is 0. The molecule has 24 valence electrons. The second-order valence-corrected chi connectivity index (χ2v) is 0.167. The molecule has 0 saturated heterocycles. The zero-order valence-corrected chi connectivity index (χ0v) is 7.93. The van der Waals surface area contributed by atoms with E-state index >= 15 is 0 Å². The molecule has 3 nitrogen and oxygen atoms in total. The van der Waals surface area contributed by atoms with E-state index in [4.69, 9.17) is 10.1 Å². The molecule has 0 rings (SSSR count). The van der Waals surface area contributed by atoms with Gasteiger partial charge in [0.15, 0.2) is 0 Å². The molecule has 0 aromatic heterocycles. The summed E-state index contributed by atoms with van der Waals surface area (Å²) in [5, 5.41) is 8.38. The maximum absolute atomic E-state index is 8.51. The van der Waals surface area contributed by atoms with Crippen molar-refractivity contribution in [1.29, 1.82) is 0 Å². The quantitative estimate of drug-likeness (QED) is 0.246. The average molecular weight is 261 g/mol. The first-order chi connectivity index (χ1) is 1.91. The largest absolute Gasteiger partial charge is 2.00 e. The molecule has 0 amide bonds. The van der Waals surface area contributed by atoms with E-state index in [0.29, 0.717) is 6.47 Å². The van der Waals surface area contributed by atoms with Crippen molar-refractivity contribution in [2.75, 3.05) is 0 Å². The Kier molecular flexibility index (Phi) is 16.0. The minimum absolute atomic E-state index is 0. The number of hydrogen-bond donors (Lipinski definition) is 0. The summed E-state index contributed by atoms with van der Waals surface area (Å²) in [7, 11) is 0. The van der Waals surface area contributed by atoms with Crippen LogP contribution in [0.15, 0.2) is 0 Å². The summed E-state index contributed by atoms with van der Waals surface area (Å²) in [6, 6.07) is 0. The maximum atomic E-state index is 8.51. The van der Waals surface area contributed by atoms with Crippen LogP contribution >= 0.6 is 0 Å². The van der Waals surface area contributed by atoms with E-state index in [1.54, 1.807) is 0 Å². The summed E-state index contributed by atoms with van der Waals surface area (Å²) in [4.78, 5) is 11.0. The second kappa shape index (κ2) is 8.84. The molecule has 0 saturated carbocycles. The van der Waals surface area contributed by atoms with E-state index in [9.17, 15) is 0 Å². The van der Waals surface area contributed by atoms with Gasteiger partial charge in [-0.3, -0.25) is 0 Å². The predicted molar refractivity (Wildman–Crippen MR) is 6.78 cm³/mol. The van der Waals surface area contributed by atoms with Gasteiger partial charge >= 0.3 is 27.7 Å². The Morgan fingerprint density at radius 1 is 1.80 bits per heavy atom. The Morgan fingerprint density at radius 3 is 2.00 bits per heavy atom. The third-order valence-corrected chi connectivity index (χ3v) is 0.0340. The van der Waals surface area contributed by atoms with Crippen LogP contribution in [0.4, 0.5) is 0 Å². The molecule has 0 fully saturated rings. The molecule has 0 spiro atoms. The summed E-state index contributed by atoms with van der Waals surface area (Å²) in [6.07, 6.45) is 0. The molecule has 0 atom stereocenters. The van der Waals surface area contributed by atoms with Crippen LogP contribution in [-0.2, 0) is 37.4 Å². The van der Waals surface area contributed by atoms with Crippen LogP contribution in [0, 0.1) is 0 Å². The molecule has 5 heavy (non-hydrogen) atoms. The summed E-state index contributed by atoms with van der Waals surface area (Å²) in [6.45, 7) is 0.625. The zero-order chi connectivity index (χ0) is 3.41. The van der Waals surface area contributed by atoms with Crippen molar-refractivity contribution in [2.24, 2.45) is 0 Å². The summed E-state index contributed by atoms with van der Waals surface area (Å²) in [5.74, 6) is 0. The van der Waals surface area contributed by atoms with Crippen LogP contribution < -0.4 is 5.26 Å². The first kappa shape index (κ1) is 9.03. The molecule has 0 unspecified atom stereocenters. The normalized spacial score (nSPS) is 4.20. The van der Waals surface area contributed by atoms with Crippen molar-refractivity contribution in [3.05, 3.63) is 0 Å². The van der Waals surface area contributed by atoms with Gasteiger partial charge in [-0.25, -0.2) is 0 Å². The van der Waals surface area contributed by atoms with Crippen molar-refractivity contribution in [3.8, 4) is 0 Å². The maximum Gasteiger partial charge on any atom is 2.00 e. The van der Waals surface area contributed by atoms with Gasteiger partial charge in [0.1, 0.15) is 0 Å². The van der Waals surface area contributed by atoms with Gasteiger partial charge in [-0.2, -0.15) is 0 Å². The standard InChI is InChI=1S/CHO3.Hg/c2-1-4-3;/h3H;/q-1;+2/p-1. The Labute approximate surface area is 49.4 Å². The third kappa shape index (κ3) is 13.1. The van der Waals surface area contributed by atoms with Crippen molar-refractivity contribution < 1.29 is 42.6 Å². The number of carbonyl (C=O) groups excluding carboxylic acids is 1. The topological polar surface area (TPSA) is 49.4 Å². The SMILES string of the molecule is O=[C-]O[O-].[Hg+2]. The van der Waals surface area contributed by atoms with Gasteiger partial charge in [0.2, 0.25) is 0 Å². The summed E-state index contributed by atoms with van der Waals surface area (Å²) in [5.41, 5.74) is 0. The second-order valence-electron chi connectivity index (χ2n) is 0.167. The molecule has 0 aromatic carbocycles. The van der Waals surface area contributed by atoms with Crippen molar-refractivity contribution in [1.82, 2.24) is 0 Å². The van der Waals surface area contributed by atoms with Crippen LogP contribution in [0.3, 0.4) is 0 Å². The van der Waals surface area contributed by atoms with Gasteiger partial charge in [-0.1, -0.05) is 6.47 Å². The van der Waals surface area contributed by atoms with E-state index in [0.717, 1.165) is 0 Å². The molecule has 0 aliphatic carbocycles. The fraction of sp³-hybridized carbons (Fsp3) is 0. The third-order valence-electron chi connectivity index (χ3n) is 0.0340. The fourth-order valence-electron chi connectivity index (χ4n) is 0. The van der Waals surface area contributed by atoms with E-state index in [1.165, 1.54) is 0 Å². The molecular weight excluding hydrogens is 261 g/mol. The summed E-state index contributed by atoms with van der Waals surface area (Å²) < 4.78 is 0. The molecule has 0 aliphatic heterocycles. The van der Waals surface area contributed by atoms with Gasteiger partial charge in [-0.05, 0) is 0 Å². The van der Waals surface area contributed by atoms with Gasteiger partial charge in [0.05, 0.1) is 0 Å².